The van der Waals surface area contributed by atoms with Crippen LogP contribution in [0.2, 0.25) is 0 Å². The first-order valence-electron chi connectivity index (χ1n) is 6.73. The summed E-state index contributed by atoms with van der Waals surface area (Å²) in [6.07, 6.45) is 2.92. The predicted octanol–water partition coefficient (Wildman–Crippen LogP) is 4.51. The predicted molar refractivity (Wildman–Crippen MR) is 83.3 cm³/mol. The van der Waals surface area contributed by atoms with Gasteiger partial charge in [0.15, 0.2) is 0 Å². The zero-order valence-corrected chi connectivity index (χ0v) is 11.7. The first kappa shape index (κ1) is 13.2. The van der Waals surface area contributed by atoms with Crippen molar-refractivity contribution in [2.24, 2.45) is 0 Å². The maximum Gasteiger partial charge on any atom is 0.258 e. The van der Waals surface area contributed by atoms with Crippen molar-refractivity contribution in [3.05, 3.63) is 78.3 Å². The summed E-state index contributed by atoms with van der Waals surface area (Å²) in [4.78, 5) is 12.0. The summed E-state index contributed by atoms with van der Waals surface area (Å²) in [5, 5.41) is 2.88. The van der Waals surface area contributed by atoms with Crippen LogP contribution in [0.25, 0.3) is 11.1 Å². The molecule has 0 atom stereocenters. The fourth-order valence-corrected chi connectivity index (χ4v) is 2.23. The van der Waals surface area contributed by atoms with Crippen molar-refractivity contribution < 1.29 is 9.21 Å². The Hall–Kier alpha value is -2.81. The first-order chi connectivity index (χ1) is 10.2. The van der Waals surface area contributed by atoms with Gasteiger partial charge in [-0.25, -0.2) is 0 Å². The van der Waals surface area contributed by atoms with Crippen molar-refractivity contribution in [2.75, 3.05) is 5.32 Å². The average Bonchev–Trinajstić information content (AvgIpc) is 3.04. The molecule has 1 heterocycles. The van der Waals surface area contributed by atoms with Crippen LogP contribution in [0.5, 0.6) is 0 Å². The molecule has 0 aliphatic carbocycles. The van der Waals surface area contributed by atoms with Gasteiger partial charge in [-0.2, -0.15) is 0 Å². The summed E-state index contributed by atoms with van der Waals surface area (Å²) in [6, 6.07) is 17.7. The molecule has 21 heavy (non-hydrogen) atoms. The van der Waals surface area contributed by atoms with E-state index in [0.717, 1.165) is 16.8 Å². The Morgan fingerprint density at radius 2 is 1.86 bits per heavy atom. The Kier molecular flexibility index (Phi) is 3.56. The summed E-state index contributed by atoms with van der Waals surface area (Å²) in [5.74, 6) is -0.174. The zero-order chi connectivity index (χ0) is 14.7. The second-order valence-electron chi connectivity index (χ2n) is 4.86. The number of carbonyl (C=O) groups is 1. The summed E-state index contributed by atoms with van der Waals surface area (Å²) in [6.45, 7) is 2.06. The standard InChI is InChI=1S/C18H15NO2/c1-13-7-8-16(19-18(20)15-9-10-21-12-15)11-17(13)14-5-3-2-4-6-14/h2-12H,1H3,(H,19,20). The molecular formula is C18H15NO2. The van der Waals surface area contributed by atoms with Gasteiger partial charge in [-0.15, -0.1) is 0 Å². The van der Waals surface area contributed by atoms with E-state index in [1.807, 2.05) is 36.4 Å². The lowest BCUT2D eigenvalue weighted by molar-refractivity contribution is 0.102. The Bertz CT molecular complexity index is 746. The molecule has 0 unspecified atom stereocenters. The largest absolute Gasteiger partial charge is 0.472 e. The topological polar surface area (TPSA) is 42.2 Å². The molecule has 104 valence electrons. The number of rotatable bonds is 3. The average molecular weight is 277 g/mol. The molecule has 0 bridgehead atoms. The van der Waals surface area contributed by atoms with Gasteiger partial charge < -0.3 is 9.73 Å². The molecule has 0 aliphatic rings. The Balaban J connectivity index is 1.90. The summed E-state index contributed by atoms with van der Waals surface area (Å²) >= 11 is 0. The summed E-state index contributed by atoms with van der Waals surface area (Å²) < 4.78 is 4.92. The third-order valence-corrected chi connectivity index (χ3v) is 3.36. The molecule has 1 N–H and O–H groups in total. The van der Waals surface area contributed by atoms with E-state index in [2.05, 4.69) is 24.4 Å². The van der Waals surface area contributed by atoms with Crippen LogP contribution < -0.4 is 5.32 Å². The molecular weight excluding hydrogens is 262 g/mol. The van der Waals surface area contributed by atoms with Crippen molar-refractivity contribution in [2.45, 2.75) is 6.92 Å². The minimum atomic E-state index is -0.174. The minimum absolute atomic E-state index is 0.174. The fourth-order valence-electron chi connectivity index (χ4n) is 2.23. The number of anilines is 1. The molecule has 0 spiro atoms. The van der Waals surface area contributed by atoms with Gasteiger partial charge in [0.1, 0.15) is 6.26 Å². The minimum Gasteiger partial charge on any atom is -0.472 e. The lowest BCUT2D eigenvalue weighted by Crippen LogP contribution is -2.10. The third-order valence-electron chi connectivity index (χ3n) is 3.36. The Morgan fingerprint density at radius 1 is 1.05 bits per heavy atom. The molecule has 0 saturated heterocycles. The highest BCUT2D eigenvalue weighted by Gasteiger charge is 2.09. The molecule has 0 fully saturated rings. The first-order valence-corrected chi connectivity index (χ1v) is 6.73. The van der Waals surface area contributed by atoms with Crippen LogP contribution in [-0.4, -0.2) is 5.91 Å². The van der Waals surface area contributed by atoms with E-state index >= 15 is 0 Å². The van der Waals surface area contributed by atoms with E-state index in [4.69, 9.17) is 4.42 Å². The number of hydrogen-bond donors (Lipinski definition) is 1. The SMILES string of the molecule is Cc1ccc(NC(=O)c2ccoc2)cc1-c1ccccc1. The van der Waals surface area contributed by atoms with E-state index in [9.17, 15) is 4.79 Å². The molecule has 3 heteroatoms. The number of hydrogen-bond acceptors (Lipinski definition) is 2. The molecule has 2 aromatic carbocycles. The monoisotopic (exact) mass is 277 g/mol. The van der Waals surface area contributed by atoms with Gasteiger partial charge in [0.2, 0.25) is 0 Å². The van der Waals surface area contributed by atoms with Gasteiger partial charge in [-0.1, -0.05) is 36.4 Å². The number of aryl methyl sites for hydroxylation is 1. The number of nitrogens with one attached hydrogen (secondary N) is 1. The van der Waals surface area contributed by atoms with Gasteiger partial charge in [0, 0.05) is 5.69 Å². The lowest BCUT2D eigenvalue weighted by Gasteiger charge is -2.10. The van der Waals surface area contributed by atoms with Crippen molar-refractivity contribution in [3.8, 4) is 11.1 Å². The Morgan fingerprint density at radius 3 is 2.57 bits per heavy atom. The van der Waals surface area contributed by atoms with E-state index in [0.29, 0.717) is 5.56 Å². The van der Waals surface area contributed by atoms with E-state index in [1.165, 1.54) is 18.1 Å². The van der Waals surface area contributed by atoms with Crippen LogP contribution in [0.4, 0.5) is 5.69 Å². The molecule has 1 aromatic heterocycles. The number of furan rings is 1. The summed E-state index contributed by atoms with van der Waals surface area (Å²) in [7, 11) is 0. The highest BCUT2D eigenvalue weighted by molar-refractivity contribution is 6.04. The van der Waals surface area contributed by atoms with Crippen LogP contribution >= 0.6 is 0 Å². The number of amides is 1. The summed E-state index contributed by atoms with van der Waals surface area (Å²) in [5.41, 5.74) is 4.69. The third kappa shape index (κ3) is 2.87. The van der Waals surface area contributed by atoms with Crippen molar-refractivity contribution in [1.29, 1.82) is 0 Å². The van der Waals surface area contributed by atoms with Gasteiger partial charge in [-0.3, -0.25) is 4.79 Å². The number of carbonyl (C=O) groups excluding carboxylic acids is 1. The van der Waals surface area contributed by atoms with Gasteiger partial charge >= 0.3 is 0 Å². The van der Waals surface area contributed by atoms with E-state index < -0.39 is 0 Å². The maximum absolute atomic E-state index is 12.0. The maximum atomic E-state index is 12.0. The van der Waals surface area contributed by atoms with Gasteiger partial charge in [0.05, 0.1) is 11.8 Å². The molecule has 0 saturated carbocycles. The molecule has 1 amide bonds. The molecule has 0 aliphatic heterocycles. The van der Waals surface area contributed by atoms with Crippen molar-refractivity contribution in [1.82, 2.24) is 0 Å². The van der Waals surface area contributed by atoms with Crippen LogP contribution in [0.1, 0.15) is 15.9 Å². The molecule has 3 nitrogen and oxygen atoms in total. The molecule has 0 radical (unpaired) electrons. The number of benzene rings is 2. The second-order valence-corrected chi connectivity index (χ2v) is 4.86. The van der Waals surface area contributed by atoms with Crippen molar-refractivity contribution in [3.63, 3.8) is 0 Å². The lowest BCUT2D eigenvalue weighted by atomic mass is 10.00. The zero-order valence-electron chi connectivity index (χ0n) is 11.7. The van der Waals surface area contributed by atoms with Crippen LogP contribution in [0, 0.1) is 6.92 Å². The van der Waals surface area contributed by atoms with Crippen molar-refractivity contribution >= 4 is 11.6 Å². The van der Waals surface area contributed by atoms with Crippen LogP contribution in [-0.2, 0) is 0 Å². The quantitative estimate of drug-likeness (QED) is 0.765. The molecule has 3 aromatic rings. The Labute approximate surface area is 123 Å². The van der Waals surface area contributed by atoms with E-state index in [1.54, 1.807) is 6.07 Å². The highest BCUT2D eigenvalue weighted by atomic mass is 16.3. The second kappa shape index (κ2) is 5.67. The van der Waals surface area contributed by atoms with Crippen LogP contribution in [0.3, 0.4) is 0 Å². The normalized spacial score (nSPS) is 10.3. The van der Waals surface area contributed by atoms with E-state index in [-0.39, 0.29) is 5.91 Å². The fraction of sp³-hybridized carbons (Fsp3) is 0.0556. The van der Waals surface area contributed by atoms with Gasteiger partial charge in [0.25, 0.3) is 5.91 Å². The van der Waals surface area contributed by atoms with Crippen LogP contribution in [0.15, 0.2) is 71.5 Å². The smallest absolute Gasteiger partial charge is 0.258 e. The highest BCUT2D eigenvalue weighted by Crippen LogP contribution is 2.26. The van der Waals surface area contributed by atoms with Gasteiger partial charge in [-0.05, 0) is 41.8 Å². The molecule has 3 rings (SSSR count).